The zero-order valence-electron chi connectivity index (χ0n) is 34.6. The third kappa shape index (κ3) is 5.96. The Morgan fingerprint density at radius 1 is 0.254 bits per heavy atom. The summed E-state index contributed by atoms with van der Waals surface area (Å²) < 4.78 is 4.95. The first-order valence-corrected chi connectivity index (χ1v) is 23.2. The summed E-state index contributed by atoms with van der Waals surface area (Å²) >= 11 is 0. The topological polar surface area (TPSA) is 9.86 Å². The van der Waals surface area contributed by atoms with Gasteiger partial charge in [-0.2, -0.15) is 0 Å². The zero-order valence-corrected chi connectivity index (χ0v) is 35.4. The molecule has 0 bridgehead atoms. The lowest BCUT2D eigenvalue weighted by Crippen LogP contribution is -2.05. The molecule has 0 N–H and O–H groups in total. The molecule has 3 heteroatoms. The second-order valence-electron chi connectivity index (χ2n) is 16.1. The third-order valence-corrected chi connectivity index (χ3v) is 16.5. The largest absolute Gasteiger partial charge is 0.309 e. The van der Waals surface area contributed by atoms with Crippen molar-refractivity contribution >= 4 is 53.6 Å². The Morgan fingerprint density at radius 3 is 1.27 bits per heavy atom. The van der Waals surface area contributed by atoms with Crippen LogP contribution in [0.2, 0.25) is 0 Å². The molecule has 0 unspecified atom stereocenters. The van der Waals surface area contributed by atoms with Crippen molar-refractivity contribution in [2.75, 3.05) is 0 Å². The van der Waals surface area contributed by atoms with Crippen LogP contribution in [0, 0.1) is 0 Å². The fraction of sp³-hybridized carbons (Fsp3) is 0. The van der Waals surface area contributed by atoms with E-state index in [1.165, 1.54) is 85.4 Å². The molecule has 2 nitrogen and oxygen atoms in total. The van der Waals surface area contributed by atoms with Gasteiger partial charge in [-0.05, 0) is 119 Å². The van der Waals surface area contributed by atoms with Crippen molar-refractivity contribution < 1.29 is 0 Å². The number of hydrogen-bond donors (Lipinski definition) is 0. The van der Waals surface area contributed by atoms with E-state index in [4.69, 9.17) is 0 Å². The molecule has 0 amide bonds. The number of fused-ring (bicyclic) bond motifs is 6. The van der Waals surface area contributed by atoms with E-state index in [1.807, 2.05) is 0 Å². The molecule has 0 saturated heterocycles. The second kappa shape index (κ2) is 15.3. The maximum absolute atomic E-state index is 2.50. The quantitative estimate of drug-likeness (QED) is 0.144. The average Bonchev–Trinajstić information content (AvgIpc) is 3.89. The monoisotopic (exact) mass is 822 g/mol. The Hall–Kier alpha value is -7.85. The number of hydrogen-bond acceptors (Lipinski definition) is 0. The molecule has 0 aliphatic rings. The third-order valence-electron chi connectivity index (χ3n) is 12.6. The molecule has 0 fully saturated rings. The maximum Gasteiger partial charge on any atom is 0.0552 e. The number of benzene rings is 10. The number of para-hydroxylation sites is 2. The number of nitrogens with zero attached hydrogens (tertiary/aromatic N) is 2. The average molecular weight is 823 g/mol. The summed E-state index contributed by atoms with van der Waals surface area (Å²) in [5.41, 5.74) is 11.8. The van der Waals surface area contributed by atoms with Gasteiger partial charge in [-0.25, -0.2) is 0 Å². The van der Waals surface area contributed by atoms with Gasteiger partial charge in [0, 0.05) is 52.5 Å². The van der Waals surface area contributed by atoms with Crippen LogP contribution in [0.15, 0.2) is 274 Å². The van der Waals surface area contributed by atoms with Crippen LogP contribution >= 0.6 is 10.0 Å². The van der Waals surface area contributed by atoms with E-state index in [9.17, 15) is 0 Å². The van der Waals surface area contributed by atoms with Crippen LogP contribution in [0.1, 0.15) is 0 Å². The molecular weight excluding hydrogens is 781 g/mol. The number of rotatable bonds is 8. The normalized spacial score (nSPS) is 12.1. The fourth-order valence-electron chi connectivity index (χ4n) is 9.90. The minimum Gasteiger partial charge on any atom is -0.309 e. The molecule has 0 radical (unpaired) electrons. The highest BCUT2D eigenvalue weighted by Crippen LogP contribution is 2.75. The van der Waals surface area contributed by atoms with Crippen LogP contribution in [-0.4, -0.2) is 9.13 Å². The van der Waals surface area contributed by atoms with E-state index in [2.05, 4.69) is 264 Å². The summed E-state index contributed by atoms with van der Waals surface area (Å²) in [5.74, 6) is 0. The highest BCUT2D eigenvalue weighted by molar-refractivity contribution is 8.34. The molecule has 2 aromatic heterocycles. The van der Waals surface area contributed by atoms with E-state index in [1.54, 1.807) is 0 Å². The lowest BCUT2D eigenvalue weighted by Gasteiger charge is -2.42. The van der Waals surface area contributed by atoms with Crippen molar-refractivity contribution in [3.8, 4) is 33.6 Å². The summed E-state index contributed by atoms with van der Waals surface area (Å²) in [7, 11) is -2.04. The van der Waals surface area contributed by atoms with Gasteiger partial charge < -0.3 is 9.13 Å². The van der Waals surface area contributed by atoms with E-state index >= 15 is 0 Å². The van der Waals surface area contributed by atoms with E-state index in [-0.39, 0.29) is 0 Å². The van der Waals surface area contributed by atoms with Crippen LogP contribution in [0.3, 0.4) is 0 Å². The zero-order chi connectivity index (χ0) is 41.7. The van der Waals surface area contributed by atoms with E-state index in [0.29, 0.717) is 0 Å². The summed E-state index contributed by atoms with van der Waals surface area (Å²) in [6.45, 7) is 0. The smallest absolute Gasteiger partial charge is 0.0552 e. The molecule has 298 valence electrons. The van der Waals surface area contributed by atoms with Crippen LogP contribution < -0.4 is 0 Å². The summed E-state index contributed by atoms with van der Waals surface area (Å²) in [4.78, 5) is 5.22. The lowest BCUT2D eigenvalue weighted by atomic mass is 9.99. The lowest BCUT2D eigenvalue weighted by molar-refractivity contribution is 1.16. The standard InChI is InChI=1S/C60H42N2S/c1-5-20-43(21-6-1)44-22-17-23-45(40-44)46-24-18-25-47(41-46)62-57-39-38-48(61-55-34-15-13-32-52(55)53-33-14-16-35-56(53)61)42-54(57)60-58(62)36-19-37-59(60)63(49-26-7-2-8-27-49,50-28-9-3-10-29-50)51-30-11-4-12-31-51/h1-42H. The molecule has 0 aliphatic heterocycles. The van der Waals surface area contributed by atoms with Gasteiger partial charge in [0.05, 0.1) is 22.1 Å². The minimum atomic E-state index is -2.04. The fourth-order valence-corrected chi connectivity index (χ4v) is 14.0. The van der Waals surface area contributed by atoms with Gasteiger partial charge in [0.2, 0.25) is 0 Å². The Morgan fingerprint density at radius 2 is 0.667 bits per heavy atom. The maximum atomic E-state index is 2.50. The van der Waals surface area contributed by atoms with Crippen molar-refractivity contribution in [1.82, 2.24) is 9.13 Å². The van der Waals surface area contributed by atoms with Crippen molar-refractivity contribution in [3.05, 3.63) is 255 Å². The van der Waals surface area contributed by atoms with Crippen molar-refractivity contribution in [1.29, 1.82) is 0 Å². The summed E-state index contributed by atoms with van der Waals surface area (Å²) in [6, 6.07) is 94.0. The first-order chi connectivity index (χ1) is 31.3. The molecule has 0 aliphatic carbocycles. The Bertz CT molecular complexity index is 3460. The Labute approximate surface area is 368 Å². The molecule has 0 saturated carbocycles. The first kappa shape index (κ1) is 37.0. The van der Waals surface area contributed by atoms with Crippen molar-refractivity contribution in [3.63, 3.8) is 0 Å². The van der Waals surface area contributed by atoms with Crippen molar-refractivity contribution in [2.45, 2.75) is 19.6 Å². The molecule has 10 aromatic carbocycles. The summed E-state index contributed by atoms with van der Waals surface area (Å²) in [6.07, 6.45) is 0. The second-order valence-corrected chi connectivity index (χ2v) is 19.2. The van der Waals surface area contributed by atoms with Gasteiger partial charge >= 0.3 is 0 Å². The highest BCUT2D eigenvalue weighted by Gasteiger charge is 2.36. The predicted molar refractivity (Wildman–Crippen MR) is 266 cm³/mol. The Kier molecular flexibility index (Phi) is 8.95. The van der Waals surface area contributed by atoms with Gasteiger partial charge in [0.1, 0.15) is 0 Å². The van der Waals surface area contributed by atoms with E-state index in [0.717, 1.165) is 11.4 Å². The molecule has 12 rings (SSSR count). The SMILES string of the molecule is c1ccc(-c2cccc(-c3cccc(-n4c5ccc(-n6c7ccccc7c7ccccc76)cc5c5c(S(c6ccccc6)(c6ccccc6)c6ccccc6)cccc54)c3)c2)cc1. The number of aromatic nitrogens is 2. The van der Waals surface area contributed by atoms with Crippen LogP contribution in [-0.2, 0) is 0 Å². The summed E-state index contributed by atoms with van der Waals surface area (Å²) in [5, 5.41) is 4.99. The minimum absolute atomic E-state index is 1.12. The van der Waals surface area contributed by atoms with Gasteiger partial charge in [-0.15, -0.1) is 10.0 Å². The molecule has 2 heterocycles. The van der Waals surface area contributed by atoms with Gasteiger partial charge in [-0.3, -0.25) is 0 Å². The molecule has 12 aromatic rings. The van der Waals surface area contributed by atoms with Crippen LogP contribution in [0.4, 0.5) is 0 Å². The molecule has 0 atom stereocenters. The highest BCUT2D eigenvalue weighted by atomic mass is 32.3. The van der Waals surface area contributed by atoms with Crippen LogP contribution in [0.5, 0.6) is 0 Å². The van der Waals surface area contributed by atoms with Gasteiger partial charge in [0.25, 0.3) is 0 Å². The van der Waals surface area contributed by atoms with Crippen molar-refractivity contribution in [2.24, 2.45) is 0 Å². The predicted octanol–water partition coefficient (Wildman–Crippen LogP) is 16.6. The van der Waals surface area contributed by atoms with Crippen LogP contribution in [0.25, 0.3) is 77.2 Å². The Balaban J connectivity index is 1.19. The first-order valence-electron chi connectivity index (χ1n) is 21.6. The van der Waals surface area contributed by atoms with E-state index < -0.39 is 10.0 Å². The van der Waals surface area contributed by atoms with Gasteiger partial charge in [0.15, 0.2) is 0 Å². The molecule has 0 spiro atoms. The molecular formula is C60H42N2S. The molecule has 63 heavy (non-hydrogen) atoms. The van der Waals surface area contributed by atoms with Gasteiger partial charge in [-0.1, -0.05) is 158 Å².